The van der Waals surface area contributed by atoms with Crippen LogP contribution in [0.4, 0.5) is 5.69 Å². The molecule has 0 radical (unpaired) electrons. The van der Waals surface area contributed by atoms with Crippen molar-refractivity contribution in [2.75, 3.05) is 24.3 Å². The number of hydrogen-bond donors (Lipinski definition) is 2. The molecule has 0 saturated heterocycles. The van der Waals surface area contributed by atoms with Crippen LogP contribution in [0.5, 0.6) is 5.75 Å². The van der Waals surface area contributed by atoms with Crippen LogP contribution in [0.3, 0.4) is 0 Å². The van der Waals surface area contributed by atoms with Gasteiger partial charge in [0.15, 0.2) is 0 Å². The average Bonchev–Trinajstić information content (AvgIpc) is 2.35. The van der Waals surface area contributed by atoms with Crippen molar-refractivity contribution in [1.82, 2.24) is 5.32 Å². The Morgan fingerprint density at radius 2 is 2.22 bits per heavy atom. The third-order valence-corrected chi connectivity index (χ3v) is 3.52. The monoisotopic (exact) mass is 268 g/mol. The number of carbonyl (C=O) groups is 1. The maximum atomic E-state index is 12.0. The molecule has 18 heavy (non-hydrogen) atoms. The second-order valence-corrected chi connectivity index (χ2v) is 5.35. The van der Waals surface area contributed by atoms with E-state index >= 15 is 0 Å². The SMILES string of the molecule is CCSCC(C)NC(=O)c1cc(N)cc(OC)c1. The second kappa shape index (κ2) is 7.16. The van der Waals surface area contributed by atoms with Crippen LogP contribution in [0.25, 0.3) is 0 Å². The Labute approximate surface area is 112 Å². The molecule has 0 saturated carbocycles. The molecule has 0 heterocycles. The molecule has 0 aliphatic heterocycles. The molecule has 0 spiro atoms. The van der Waals surface area contributed by atoms with Crippen LogP contribution in [0, 0.1) is 0 Å². The molecule has 1 amide bonds. The van der Waals surface area contributed by atoms with Gasteiger partial charge in [-0.05, 0) is 24.8 Å². The summed E-state index contributed by atoms with van der Waals surface area (Å²) in [7, 11) is 1.55. The summed E-state index contributed by atoms with van der Waals surface area (Å²) >= 11 is 1.80. The van der Waals surface area contributed by atoms with Crippen molar-refractivity contribution in [3.8, 4) is 5.75 Å². The number of nitrogens with one attached hydrogen (secondary N) is 1. The number of ether oxygens (including phenoxy) is 1. The van der Waals surface area contributed by atoms with E-state index in [9.17, 15) is 4.79 Å². The molecule has 4 nitrogen and oxygen atoms in total. The van der Waals surface area contributed by atoms with Gasteiger partial charge in [0.25, 0.3) is 5.91 Å². The number of hydrogen-bond acceptors (Lipinski definition) is 4. The lowest BCUT2D eigenvalue weighted by molar-refractivity contribution is 0.0943. The Morgan fingerprint density at radius 1 is 1.50 bits per heavy atom. The third kappa shape index (κ3) is 4.49. The van der Waals surface area contributed by atoms with Gasteiger partial charge in [-0.1, -0.05) is 6.92 Å². The fourth-order valence-corrected chi connectivity index (χ4v) is 2.19. The third-order valence-electron chi connectivity index (χ3n) is 2.38. The van der Waals surface area contributed by atoms with Crippen molar-refractivity contribution in [3.63, 3.8) is 0 Å². The van der Waals surface area contributed by atoms with Gasteiger partial charge in [-0.25, -0.2) is 0 Å². The Bertz CT molecular complexity index is 410. The van der Waals surface area contributed by atoms with Crippen molar-refractivity contribution in [1.29, 1.82) is 0 Å². The largest absolute Gasteiger partial charge is 0.497 e. The van der Waals surface area contributed by atoms with Crippen molar-refractivity contribution in [3.05, 3.63) is 23.8 Å². The molecule has 0 bridgehead atoms. The zero-order valence-electron chi connectivity index (χ0n) is 11.0. The van der Waals surface area contributed by atoms with E-state index in [1.165, 1.54) is 0 Å². The van der Waals surface area contributed by atoms with Gasteiger partial charge in [-0.2, -0.15) is 11.8 Å². The predicted molar refractivity (Wildman–Crippen MR) is 77.3 cm³/mol. The van der Waals surface area contributed by atoms with Crippen molar-refractivity contribution >= 4 is 23.4 Å². The van der Waals surface area contributed by atoms with E-state index in [1.807, 2.05) is 6.92 Å². The summed E-state index contributed by atoms with van der Waals surface area (Å²) in [6.07, 6.45) is 0. The first-order valence-corrected chi connectivity index (χ1v) is 7.05. The lowest BCUT2D eigenvalue weighted by Crippen LogP contribution is -2.34. The minimum absolute atomic E-state index is 0.121. The summed E-state index contributed by atoms with van der Waals surface area (Å²) in [5, 5.41) is 2.94. The molecular formula is C13H20N2O2S. The summed E-state index contributed by atoms with van der Waals surface area (Å²) in [4.78, 5) is 12.0. The van der Waals surface area contributed by atoms with E-state index in [4.69, 9.17) is 10.5 Å². The number of rotatable bonds is 6. The molecule has 0 aromatic heterocycles. The van der Waals surface area contributed by atoms with Gasteiger partial charge in [0.1, 0.15) is 5.75 Å². The van der Waals surface area contributed by atoms with Crippen LogP contribution in [0.1, 0.15) is 24.2 Å². The maximum Gasteiger partial charge on any atom is 0.251 e. The highest BCUT2D eigenvalue weighted by Crippen LogP contribution is 2.18. The normalized spacial score (nSPS) is 11.9. The van der Waals surface area contributed by atoms with Crippen LogP contribution in [0.2, 0.25) is 0 Å². The van der Waals surface area contributed by atoms with Crippen LogP contribution in [-0.4, -0.2) is 30.6 Å². The molecule has 0 fully saturated rings. The highest BCUT2D eigenvalue weighted by atomic mass is 32.2. The van der Waals surface area contributed by atoms with E-state index in [0.717, 1.165) is 11.5 Å². The summed E-state index contributed by atoms with van der Waals surface area (Å²) < 4.78 is 5.09. The maximum absolute atomic E-state index is 12.0. The minimum atomic E-state index is -0.121. The number of carbonyl (C=O) groups excluding carboxylic acids is 1. The summed E-state index contributed by atoms with van der Waals surface area (Å²) in [6.45, 7) is 4.09. The standard InChI is InChI=1S/C13H20N2O2S/c1-4-18-8-9(2)15-13(16)10-5-11(14)7-12(6-10)17-3/h5-7,9H,4,8,14H2,1-3H3,(H,15,16). The first kappa shape index (κ1) is 14.7. The molecule has 1 aromatic carbocycles. The molecule has 1 aromatic rings. The van der Waals surface area contributed by atoms with Crippen molar-refractivity contribution in [2.45, 2.75) is 19.9 Å². The van der Waals surface area contributed by atoms with Crippen molar-refractivity contribution < 1.29 is 9.53 Å². The van der Waals surface area contributed by atoms with Crippen LogP contribution in [-0.2, 0) is 0 Å². The number of methoxy groups -OCH3 is 1. The van der Waals surface area contributed by atoms with Gasteiger partial charge in [0.2, 0.25) is 0 Å². The first-order chi connectivity index (χ1) is 8.56. The van der Waals surface area contributed by atoms with E-state index in [-0.39, 0.29) is 11.9 Å². The van der Waals surface area contributed by atoms with E-state index in [1.54, 1.807) is 37.1 Å². The van der Waals surface area contributed by atoms with Gasteiger partial charge in [0.05, 0.1) is 7.11 Å². The summed E-state index contributed by atoms with van der Waals surface area (Å²) in [6, 6.07) is 5.16. The fraction of sp³-hybridized carbons (Fsp3) is 0.462. The molecule has 100 valence electrons. The average molecular weight is 268 g/mol. The number of anilines is 1. The molecule has 3 N–H and O–H groups in total. The molecule has 1 unspecified atom stereocenters. The molecule has 0 aliphatic rings. The Hall–Kier alpha value is -1.36. The van der Waals surface area contributed by atoms with Crippen molar-refractivity contribution in [2.24, 2.45) is 0 Å². The number of nitrogens with two attached hydrogens (primary N) is 1. The Kier molecular flexibility index (Phi) is 5.85. The van der Waals surface area contributed by atoms with E-state index in [0.29, 0.717) is 17.0 Å². The minimum Gasteiger partial charge on any atom is -0.497 e. The summed E-state index contributed by atoms with van der Waals surface area (Å²) in [5.41, 5.74) is 6.77. The molecule has 1 atom stereocenters. The first-order valence-electron chi connectivity index (χ1n) is 5.90. The number of thioether (sulfide) groups is 1. The Balaban J connectivity index is 2.68. The number of benzene rings is 1. The number of nitrogen functional groups attached to an aromatic ring is 1. The highest BCUT2D eigenvalue weighted by Gasteiger charge is 2.11. The fourth-order valence-electron chi connectivity index (χ4n) is 1.51. The molecule has 1 rings (SSSR count). The molecule has 5 heteroatoms. The van der Waals surface area contributed by atoms with E-state index in [2.05, 4.69) is 12.2 Å². The van der Waals surface area contributed by atoms with Gasteiger partial charge < -0.3 is 15.8 Å². The van der Waals surface area contributed by atoms with Gasteiger partial charge in [-0.15, -0.1) is 0 Å². The van der Waals surface area contributed by atoms with Crippen LogP contribution >= 0.6 is 11.8 Å². The highest BCUT2D eigenvalue weighted by molar-refractivity contribution is 7.99. The predicted octanol–water partition coefficient (Wildman–Crippen LogP) is 2.15. The second-order valence-electron chi connectivity index (χ2n) is 4.03. The van der Waals surface area contributed by atoms with E-state index < -0.39 is 0 Å². The van der Waals surface area contributed by atoms with Gasteiger partial charge in [0, 0.05) is 29.1 Å². The lowest BCUT2D eigenvalue weighted by atomic mass is 10.1. The Morgan fingerprint density at radius 3 is 2.83 bits per heavy atom. The number of amides is 1. The van der Waals surface area contributed by atoms with Gasteiger partial charge >= 0.3 is 0 Å². The van der Waals surface area contributed by atoms with Crippen LogP contribution in [0.15, 0.2) is 18.2 Å². The van der Waals surface area contributed by atoms with Crippen LogP contribution < -0.4 is 15.8 Å². The zero-order valence-corrected chi connectivity index (χ0v) is 11.8. The zero-order chi connectivity index (χ0) is 13.5. The topological polar surface area (TPSA) is 64.4 Å². The quantitative estimate of drug-likeness (QED) is 0.776. The van der Waals surface area contributed by atoms with Gasteiger partial charge in [-0.3, -0.25) is 4.79 Å². The lowest BCUT2D eigenvalue weighted by Gasteiger charge is -2.14. The smallest absolute Gasteiger partial charge is 0.251 e. The molecule has 0 aliphatic carbocycles. The molecular weight excluding hydrogens is 248 g/mol. The summed E-state index contributed by atoms with van der Waals surface area (Å²) in [5.74, 6) is 2.43.